The highest BCUT2D eigenvalue weighted by Crippen LogP contribution is 2.50. The Hall–Kier alpha value is -2.28. The highest BCUT2D eigenvalue weighted by atomic mass is 35.5. The van der Waals surface area contributed by atoms with Crippen molar-refractivity contribution in [2.75, 3.05) is 0 Å². The van der Waals surface area contributed by atoms with E-state index in [2.05, 4.69) is 10.1 Å². The lowest BCUT2D eigenvalue weighted by Gasteiger charge is -2.32. The van der Waals surface area contributed by atoms with Crippen molar-refractivity contribution in [1.29, 1.82) is 0 Å². The van der Waals surface area contributed by atoms with Crippen LogP contribution in [-0.4, -0.2) is 20.9 Å². The molecule has 0 N–H and O–H groups in total. The van der Waals surface area contributed by atoms with E-state index in [4.69, 9.17) is 44.3 Å². The molecule has 6 nitrogen and oxygen atoms in total. The van der Waals surface area contributed by atoms with Crippen LogP contribution in [0.3, 0.4) is 0 Å². The molecule has 0 bridgehead atoms. The molecular formula is C18H12Cl3N3O3. The molecule has 0 amide bonds. The van der Waals surface area contributed by atoms with E-state index < -0.39 is 17.9 Å². The monoisotopic (exact) mass is 423 g/mol. The molecule has 0 saturated carbocycles. The summed E-state index contributed by atoms with van der Waals surface area (Å²) in [7, 11) is 0. The zero-order valence-electron chi connectivity index (χ0n) is 13.7. The van der Waals surface area contributed by atoms with Crippen LogP contribution in [0.2, 0.25) is 15.1 Å². The predicted octanol–water partition coefficient (Wildman–Crippen LogP) is 5.04. The molecule has 138 valence electrons. The first-order valence-corrected chi connectivity index (χ1v) is 9.04. The number of cyclic esters (lactones) is 2. The van der Waals surface area contributed by atoms with Gasteiger partial charge in [0.15, 0.2) is 6.10 Å². The predicted molar refractivity (Wildman–Crippen MR) is 99.9 cm³/mol. The van der Waals surface area contributed by atoms with Crippen LogP contribution in [0.5, 0.6) is 0 Å². The number of carbonyl (C=O) groups excluding carboxylic acids is 1. The lowest BCUT2D eigenvalue weighted by molar-refractivity contribution is 0.00364. The molecule has 1 aliphatic rings. The highest BCUT2D eigenvalue weighted by molar-refractivity contribution is 6.35. The number of halogens is 3. The summed E-state index contributed by atoms with van der Waals surface area (Å²) in [4.78, 5) is 16.2. The Morgan fingerprint density at radius 1 is 1.07 bits per heavy atom. The Balaban J connectivity index is 1.89. The summed E-state index contributed by atoms with van der Waals surface area (Å²) < 4.78 is 12.8. The van der Waals surface area contributed by atoms with Gasteiger partial charge in [-0.15, -0.1) is 0 Å². The van der Waals surface area contributed by atoms with Gasteiger partial charge < -0.3 is 9.47 Å². The fourth-order valence-corrected chi connectivity index (χ4v) is 3.87. The van der Waals surface area contributed by atoms with Crippen LogP contribution in [0, 0.1) is 0 Å². The minimum absolute atomic E-state index is 0.146. The molecule has 4 rings (SSSR count). The standard InChI is InChI=1S/C18H12Cl3N3O3/c19-12-3-1-11(2-4-12)16-18(27-17(25)26-16,8-24-10-22-9-23-24)14-6-5-13(20)7-15(14)21/h1-7,9-10,16H,8H2. The summed E-state index contributed by atoms with van der Waals surface area (Å²) in [6.07, 6.45) is 1.34. The minimum atomic E-state index is -1.26. The van der Waals surface area contributed by atoms with Crippen LogP contribution in [0.1, 0.15) is 17.2 Å². The van der Waals surface area contributed by atoms with Crippen LogP contribution >= 0.6 is 34.8 Å². The highest BCUT2D eigenvalue weighted by Gasteiger charge is 2.55. The second-order valence-electron chi connectivity index (χ2n) is 6.01. The van der Waals surface area contributed by atoms with Crippen molar-refractivity contribution < 1.29 is 14.3 Å². The number of rotatable bonds is 4. The lowest BCUT2D eigenvalue weighted by atomic mass is 9.84. The van der Waals surface area contributed by atoms with Gasteiger partial charge in [-0.3, -0.25) is 0 Å². The summed E-state index contributed by atoms with van der Waals surface area (Å²) in [5.41, 5.74) is -0.00782. The summed E-state index contributed by atoms with van der Waals surface area (Å²) in [6.45, 7) is 0.146. The van der Waals surface area contributed by atoms with Crippen LogP contribution in [0.25, 0.3) is 0 Å². The maximum atomic E-state index is 12.2. The second kappa shape index (κ2) is 7.03. The molecule has 1 aliphatic heterocycles. The molecule has 1 saturated heterocycles. The molecule has 9 heteroatoms. The summed E-state index contributed by atoms with van der Waals surface area (Å²) in [6, 6.07) is 12.0. The Bertz CT molecular complexity index is 979. The van der Waals surface area contributed by atoms with Gasteiger partial charge >= 0.3 is 6.16 Å². The molecule has 2 heterocycles. The second-order valence-corrected chi connectivity index (χ2v) is 7.29. The molecule has 3 aromatic rings. The van der Waals surface area contributed by atoms with Gasteiger partial charge in [0, 0.05) is 20.6 Å². The molecule has 0 aliphatic carbocycles. The minimum Gasteiger partial charge on any atom is -0.421 e. The third kappa shape index (κ3) is 3.36. The Morgan fingerprint density at radius 3 is 2.48 bits per heavy atom. The van der Waals surface area contributed by atoms with Crippen LogP contribution < -0.4 is 0 Å². The summed E-state index contributed by atoms with van der Waals surface area (Å²) in [5, 5.41) is 5.51. The molecule has 27 heavy (non-hydrogen) atoms. The van der Waals surface area contributed by atoms with Gasteiger partial charge in [0.2, 0.25) is 5.60 Å². The number of aromatic nitrogens is 3. The van der Waals surface area contributed by atoms with E-state index in [0.29, 0.717) is 26.2 Å². The fourth-order valence-electron chi connectivity index (χ4n) is 3.18. The van der Waals surface area contributed by atoms with Crippen LogP contribution in [0.4, 0.5) is 4.79 Å². The van der Waals surface area contributed by atoms with E-state index in [1.54, 1.807) is 47.1 Å². The van der Waals surface area contributed by atoms with Crippen molar-refractivity contribution in [3.8, 4) is 0 Å². The van der Waals surface area contributed by atoms with Gasteiger partial charge in [-0.05, 0) is 29.8 Å². The van der Waals surface area contributed by atoms with Crippen LogP contribution in [0.15, 0.2) is 55.1 Å². The molecule has 2 unspecified atom stereocenters. The zero-order valence-corrected chi connectivity index (χ0v) is 15.9. The largest absolute Gasteiger partial charge is 0.510 e. The molecule has 0 spiro atoms. The van der Waals surface area contributed by atoms with E-state index in [0.717, 1.165) is 0 Å². The van der Waals surface area contributed by atoms with Gasteiger partial charge in [0.05, 0.1) is 6.54 Å². The number of carbonyl (C=O) groups is 1. The maximum absolute atomic E-state index is 12.2. The molecule has 1 fully saturated rings. The van der Waals surface area contributed by atoms with Crippen molar-refractivity contribution >= 4 is 41.0 Å². The summed E-state index contributed by atoms with van der Waals surface area (Å²) in [5.74, 6) is 0. The number of nitrogens with zero attached hydrogens (tertiary/aromatic N) is 3. The lowest BCUT2D eigenvalue weighted by Crippen LogP contribution is -2.37. The normalized spacial score (nSPS) is 21.7. The van der Waals surface area contributed by atoms with Crippen molar-refractivity contribution in [3.63, 3.8) is 0 Å². The van der Waals surface area contributed by atoms with Gasteiger partial charge in [0.1, 0.15) is 12.7 Å². The van der Waals surface area contributed by atoms with Gasteiger partial charge in [-0.25, -0.2) is 14.5 Å². The first-order chi connectivity index (χ1) is 13.0. The first kappa shape index (κ1) is 18.1. The van der Waals surface area contributed by atoms with Gasteiger partial charge in [0.25, 0.3) is 0 Å². The maximum Gasteiger partial charge on any atom is 0.510 e. The molecule has 2 aromatic carbocycles. The van der Waals surface area contributed by atoms with Crippen molar-refractivity contribution in [3.05, 3.63) is 81.3 Å². The number of ether oxygens (including phenoxy) is 2. The average Bonchev–Trinajstić information content (AvgIpc) is 3.24. The van der Waals surface area contributed by atoms with Gasteiger partial charge in [-0.1, -0.05) is 53.0 Å². The molecular weight excluding hydrogens is 413 g/mol. The van der Waals surface area contributed by atoms with E-state index in [-0.39, 0.29) is 6.54 Å². The van der Waals surface area contributed by atoms with E-state index in [1.165, 1.54) is 12.7 Å². The zero-order chi connectivity index (χ0) is 19.0. The van der Waals surface area contributed by atoms with E-state index in [1.807, 2.05) is 0 Å². The van der Waals surface area contributed by atoms with E-state index >= 15 is 0 Å². The smallest absolute Gasteiger partial charge is 0.421 e. The fraction of sp³-hybridized carbons (Fsp3) is 0.167. The molecule has 2 atom stereocenters. The first-order valence-electron chi connectivity index (χ1n) is 7.91. The topological polar surface area (TPSA) is 66.2 Å². The Kier molecular flexibility index (Phi) is 4.72. The molecule has 0 radical (unpaired) electrons. The van der Waals surface area contributed by atoms with Crippen LogP contribution in [-0.2, 0) is 21.6 Å². The Labute approximate surface area is 169 Å². The third-order valence-corrected chi connectivity index (χ3v) is 5.13. The quantitative estimate of drug-likeness (QED) is 0.549. The number of hydrogen-bond acceptors (Lipinski definition) is 5. The van der Waals surface area contributed by atoms with Gasteiger partial charge in [-0.2, -0.15) is 5.10 Å². The Morgan fingerprint density at radius 2 is 1.81 bits per heavy atom. The van der Waals surface area contributed by atoms with Crippen molar-refractivity contribution in [2.24, 2.45) is 0 Å². The average molecular weight is 425 g/mol. The number of hydrogen-bond donors (Lipinski definition) is 0. The molecule has 1 aromatic heterocycles. The van der Waals surface area contributed by atoms with Crippen molar-refractivity contribution in [1.82, 2.24) is 14.8 Å². The summed E-state index contributed by atoms with van der Waals surface area (Å²) >= 11 is 18.5. The number of benzene rings is 2. The SMILES string of the molecule is O=C1OC(c2ccc(Cl)cc2)C(Cn2cncn2)(c2ccc(Cl)cc2Cl)O1. The van der Waals surface area contributed by atoms with E-state index in [9.17, 15) is 4.79 Å². The van der Waals surface area contributed by atoms with Crippen molar-refractivity contribution in [2.45, 2.75) is 18.2 Å². The third-order valence-electron chi connectivity index (χ3n) is 4.33.